The Balaban J connectivity index is 1.52. The lowest BCUT2D eigenvalue weighted by atomic mass is 10.1. The predicted molar refractivity (Wildman–Crippen MR) is 119 cm³/mol. The van der Waals surface area contributed by atoms with E-state index in [1.165, 1.54) is 33.5 Å². The third kappa shape index (κ3) is 6.15. The highest BCUT2D eigenvalue weighted by molar-refractivity contribution is 5.97. The van der Waals surface area contributed by atoms with Crippen molar-refractivity contribution in [3.63, 3.8) is 0 Å². The Labute approximate surface area is 195 Å². The zero-order chi connectivity index (χ0) is 24.7. The molecule has 0 bridgehead atoms. The Kier molecular flexibility index (Phi) is 7.91. The van der Waals surface area contributed by atoms with Crippen molar-refractivity contribution in [1.29, 1.82) is 0 Å². The molecule has 1 heterocycles. The first-order chi connectivity index (χ1) is 16.3. The van der Waals surface area contributed by atoms with Crippen LogP contribution >= 0.6 is 0 Å². The minimum absolute atomic E-state index is 0.0813. The molecule has 1 aliphatic rings. The minimum atomic E-state index is -0.822. The molecule has 1 aliphatic heterocycles. The lowest BCUT2D eigenvalue weighted by molar-refractivity contribution is -0.151. The van der Waals surface area contributed by atoms with Crippen LogP contribution in [-0.4, -0.2) is 63.2 Å². The summed E-state index contributed by atoms with van der Waals surface area (Å²) >= 11 is 0. The van der Waals surface area contributed by atoms with Crippen LogP contribution in [0.1, 0.15) is 16.8 Å². The van der Waals surface area contributed by atoms with E-state index in [9.17, 15) is 19.2 Å². The average Bonchev–Trinajstić information content (AvgIpc) is 3.22. The maximum Gasteiger partial charge on any atom is 0.311 e. The fraction of sp³-hybridized carbons (Fsp3) is 0.304. The molecule has 1 saturated heterocycles. The van der Waals surface area contributed by atoms with Gasteiger partial charge in [0.05, 0.1) is 33.8 Å². The molecule has 2 aromatic carbocycles. The second-order valence-corrected chi connectivity index (χ2v) is 7.34. The Bertz CT molecular complexity index is 1070. The Morgan fingerprint density at radius 3 is 2.29 bits per heavy atom. The number of hydrogen-bond donors (Lipinski definition) is 2. The van der Waals surface area contributed by atoms with E-state index in [2.05, 4.69) is 10.7 Å². The molecule has 1 atom stereocenters. The van der Waals surface area contributed by atoms with E-state index in [1.54, 1.807) is 30.3 Å². The second-order valence-electron chi connectivity index (χ2n) is 7.34. The number of nitrogens with one attached hydrogen (secondary N) is 2. The summed E-state index contributed by atoms with van der Waals surface area (Å²) < 4.78 is 20.4. The Morgan fingerprint density at radius 2 is 1.65 bits per heavy atom. The van der Waals surface area contributed by atoms with Crippen LogP contribution < -0.4 is 25.0 Å². The number of amides is 3. The van der Waals surface area contributed by atoms with Gasteiger partial charge < -0.3 is 24.3 Å². The van der Waals surface area contributed by atoms with Gasteiger partial charge in [-0.1, -0.05) is 6.07 Å². The summed E-state index contributed by atoms with van der Waals surface area (Å²) in [5.41, 5.74) is 3.17. The molecule has 34 heavy (non-hydrogen) atoms. The molecular weight excluding hydrogens is 446 g/mol. The van der Waals surface area contributed by atoms with Gasteiger partial charge >= 0.3 is 5.97 Å². The summed E-state index contributed by atoms with van der Waals surface area (Å²) in [5.74, 6) is -1.72. The van der Waals surface area contributed by atoms with Gasteiger partial charge in [0.1, 0.15) is 17.2 Å². The van der Waals surface area contributed by atoms with Gasteiger partial charge in [-0.15, -0.1) is 0 Å². The largest absolute Gasteiger partial charge is 0.497 e. The number of esters is 1. The standard InChI is InChI=1S/C23H25N3O8/c1-31-17-6-4-5-16(10-17)24-20(27)13-34-23(30)15-9-21(28)26(12-15)25-22(29)14-7-18(32-2)11-19(8-14)33-3/h4-8,10-11,15H,9,12-13H2,1-3H3,(H,24,27)(H,25,29)/t15-/m1/s1. The lowest BCUT2D eigenvalue weighted by Gasteiger charge is -2.18. The van der Waals surface area contributed by atoms with Crippen LogP contribution in [0.4, 0.5) is 5.69 Å². The highest BCUT2D eigenvalue weighted by atomic mass is 16.5. The molecule has 3 rings (SSSR count). The number of ether oxygens (including phenoxy) is 4. The van der Waals surface area contributed by atoms with Crippen LogP contribution in [0, 0.1) is 5.92 Å². The Morgan fingerprint density at radius 1 is 0.971 bits per heavy atom. The number of carbonyl (C=O) groups is 4. The van der Waals surface area contributed by atoms with E-state index in [4.69, 9.17) is 18.9 Å². The van der Waals surface area contributed by atoms with Gasteiger partial charge in [-0.25, -0.2) is 0 Å². The number of rotatable bonds is 9. The summed E-state index contributed by atoms with van der Waals surface area (Å²) in [4.78, 5) is 49.4. The number of hydrazine groups is 1. The number of benzene rings is 2. The van der Waals surface area contributed by atoms with Crippen LogP contribution in [-0.2, 0) is 19.1 Å². The molecule has 1 fully saturated rings. The van der Waals surface area contributed by atoms with E-state index in [0.717, 1.165) is 5.01 Å². The smallest absolute Gasteiger partial charge is 0.311 e. The van der Waals surface area contributed by atoms with E-state index in [1.807, 2.05) is 0 Å². The molecule has 180 valence electrons. The zero-order valence-corrected chi connectivity index (χ0v) is 19.0. The van der Waals surface area contributed by atoms with E-state index < -0.39 is 36.2 Å². The summed E-state index contributed by atoms with van der Waals surface area (Å²) in [6, 6.07) is 11.3. The first kappa shape index (κ1) is 24.4. The predicted octanol–water partition coefficient (Wildman–Crippen LogP) is 1.39. The van der Waals surface area contributed by atoms with Crippen molar-refractivity contribution in [3.05, 3.63) is 48.0 Å². The molecule has 3 amide bonds. The summed E-state index contributed by atoms with van der Waals surface area (Å²) in [5, 5.41) is 3.64. The van der Waals surface area contributed by atoms with Crippen molar-refractivity contribution < 1.29 is 38.1 Å². The molecule has 0 aromatic heterocycles. The number of hydrogen-bond acceptors (Lipinski definition) is 8. The highest BCUT2D eigenvalue weighted by Crippen LogP contribution is 2.23. The molecule has 0 saturated carbocycles. The molecule has 0 aliphatic carbocycles. The van der Waals surface area contributed by atoms with Gasteiger partial charge in [0.2, 0.25) is 5.91 Å². The highest BCUT2D eigenvalue weighted by Gasteiger charge is 2.36. The maximum atomic E-state index is 12.6. The van der Waals surface area contributed by atoms with Crippen LogP contribution in [0.25, 0.3) is 0 Å². The van der Waals surface area contributed by atoms with E-state index in [-0.39, 0.29) is 18.5 Å². The second kappa shape index (κ2) is 11.0. The first-order valence-corrected chi connectivity index (χ1v) is 10.3. The topological polar surface area (TPSA) is 132 Å². The fourth-order valence-electron chi connectivity index (χ4n) is 3.25. The number of anilines is 1. The van der Waals surface area contributed by atoms with E-state index in [0.29, 0.717) is 22.9 Å². The third-order valence-electron chi connectivity index (χ3n) is 5.01. The zero-order valence-electron chi connectivity index (χ0n) is 19.0. The number of nitrogens with zero attached hydrogens (tertiary/aromatic N) is 1. The average molecular weight is 471 g/mol. The normalized spacial score (nSPS) is 14.9. The van der Waals surface area contributed by atoms with Crippen molar-refractivity contribution in [3.8, 4) is 17.2 Å². The third-order valence-corrected chi connectivity index (χ3v) is 5.01. The van der Waals surface area contributed by atoms with Crippen LogP contribution in [0.15, 0.2) is 42.5 Å². The van der Waals surface area contributed by atoms with Gasteiger partial charge in [-0.3, -0.25) is 29.6 Å². The molecule has 11 nitrogen and oxygen atoms in total. The van der Waals surface area contributed by atoms with Crippen molar-refractivity contribution in [2.45, 2.75) is 6.42 Å². The van der Waals surface area contributed by atoms with Crippen LogP contribution in [0.3, 0.4) is 0 Å². The molecule has 0 spiro atoms. The molecule has 2 N–H and O–H groups in total. The number of carbonyl (C=O) groups excluding carboxylic acids is 4. The van der Waals surface area contributed by atoms with Crippen LogP contribution in [0.5, 0.6) is 17.2 Å². The summed E-state index contributed by atoms with van der Waals surface area (Å²) in [6.45, 7) is -0.599. The molecule has 0 radical (unpaired) electrons. The molecule has 2 aromatic rings. The summed E-state index contributed by atoms with van der Waals surface area (Å²) in [6.07, 6.45) is -0.155. The molecular formula is C23H25N3O8. The quantitative estimate of drug-likeness (QED) is 0.525. The fourth-order valence-corrected chi connectivity index (χ4v) is 3.25. The van der Waals surface area contributed by atoms with Crippen molar-refractivity contribution >= 4 is 29.4 Å². The first-order valence-electron chi connectivity index (χ1n) is 10.3. The minimum Gasteiger partial charge on any atom is -0.497 e. The lowest BCUT2D eigenvalue weighted by Crippen LogP contribution is -2.43. The van der Waals surface area contributed by atoms with Crippen molar-refractivity contribution in [2.24, 2.45) is 5.92 Å². The maximum absolute atomic E-state index is 12.6. The van der Waals surface area contributed by atoms with Gasteiger partial charge in [-0.2, -0.15) is 0 Å². The van der Waals surface area contributed by atoms with Crippen molar-refractivity contribution in [1.82, 2.24) is 10.4 Å². The Hall–Kier alpha value is -4.28. The van der Waals surface area contributed by atoms with Crippen molar-refractivity contribution in [2.75, 3.05) is 39.8 Å². The SMILES string of the molecule is COc1cccc(NC(=O)COC(=O)[C@@H]2CC(=O)N(NC(=O)c3cc(OC)cc(OC)c3)C2)c1. The monoisotopic (exact) mass is 471 g/mol. The molecule has 0 unspecified atom stereocenters. The van der Waals surface area contributed by atoms with Gasteiger partial charge in [-0.05, 0) is 24.3 Å². The van der Waals surface area contributed by atoms with E-state index >= 15 is 0 Å². The van der Waals surface area contributed by atoms with Gasteiger partial charge in [0.25, 0.3) is 11.8 Å². The number of methoxy groups -OCH3 is 3. The van der Waals surface area contributed by atoms with Crippen LogP contribution in [0.2, 0.25) is 0 Å². The summed E-state index contributed by atoms with van der Waals surface area (Å²) in [7, 11) is 4.41. The van der Waals surface area contributed by atoms with Gasteiger partial charge in [0.15, 0.2) is 6.61 Å². The molecule has 11 heteroatoms. The van der Waals surface area contributed by atoms with Gasteiger partial charge in [0, 0.05) is 29.8 Å².